The number of hydrogen-bond acceptors (Lipinski definition) is 4. The molecule has 75 heavy (non-hydrogen) atoms. The van der Waals surface area contributed by atoms with Gasteiger partial charge in [0.05, 0.1) is 16.7 Å². The van der Waals surface area contributed by atoms with Gasteiger partial charge in [-0.05, 0) is 162 Å². The van der Waals surface area contributed by atoms with Crippen molar-refractivity contribution in [1.29, 1.82) is 0 Å². The molecule has 5 heteroatoms. The van der Waals surface area contributed by atoms with E-state index in [1.165, 1.54) is 110 Å². The summed E-state index contributed by atoms with van der Waals surface area (Å²) in [7, 11) is 0. The van der Waals surface area contributed by atoms with E-state index in [2.05, 4.69) is 275 Å². The van der Waals surface area contributed by atoms with Gasteiger partial charge in [-0.3, -0.25) is 0 Å². The molecule has 2 aliphatic heterocycles. The van der Waals surface area contributed by atoms with Crippen molar-refractivity contribution >= 4 is 72.5 Å². The number of allylic oxidation sites excluding steroid dienone is 1. The normalized spacial score (nSPS) is 17.8. The van der Waals surface area contributed by atoms with E-state index in [4.69, 9.17) is 0 Å². The lowest BCUT2D eigenvalue weighted by atomic mass is 9.32. The molecule has 0 bridgehead atoms. The molecule has 0 saturated heterocycles. The molecule has 1 aromatic heterocycles. The number of hydrogen-bond donors (Lipinski definition) is 0. The first kappa shape index (κ1) is 49.3. The third kappa shape index (κ3) is 8.31. The van der Waals surface area contributed by atoms with Crippen molar-refractivity contribution in [2.75, 3.05) is 14.7 Å². The Kier molecular flexibility index (Phi) is 11.5. The number of benzene rings is 7. The number of para-hydroxylation sites is 2. The molecular weight excluding hydrogens is 926 g/mol. The fourth-order valence-corrected chi connectivity index (χ4v) is 14.1. The van der Waals surface area contributed by atoms with Gasteiger partial charge in [-0.15, -0.1) is 11.3 Å². The second-order valence-corrected chi connectivity index (χ2v) is 27.5. The van der Waals surface area contributed by atoms with Gasteiger partial charge in [-0.25, -0.2) is 0 Å². The maximum absolute atomic E-state index is 2.78. The molecule has 3 nitrogen and oxygen atoms in total. The van der Waals surface area contributed by atoms with Crippen LogP contribution in [0.1, 0.15) is 137 Å². The first-order chi connectivity index (χ1) is 35.6. The second-order valence-electron chi connectivity index (χ2n) is 26.5. The SMILES string of the molecule is CC(C)(C)c1ccc(N2C3=CC(N(c4ccccc4)c4ccccc4)CC4=C3B(c3cc5c(cc3N4c3ccc(C(C)(C)C)cc3-c3ccccc3)C(C)(C)CCC5(C)C)c3c2sc2ccc(C(C)(C)C)cc32)cc1. The minimum Gasteiger partial charge on any atom is -0.334 e. The summed E-state index contributed by atoms with van der Waals surface area (Å²) in [5.74, 6) is 0. The minimum atomic E-state index is -0.0463. The van der Waals surface area contributed by atoms with Crippen molar-refractivity contribution in [1.82, 2.24) is 0 Å². The highest BCUT2D eigenvalue weighted by Gasteiger charge is 2.51. The minimum absolute atomic E-state index is 0.000570. The lowest BCUT2D eigenvalue weighted by Gasteiger charge is -2.50. The molecule has 0 spiro atoms. The highest BCUT2D eigenvalue weighted by Crippen LogP contribution is 2.56. The number of thiophene rings is 1. The molecular formula is C70H74BN3S. The monoisotopic (exact) mass is 1000 g/mol. The summed E-state index contributed by atoms with van der Waals surface area (Å²) >= 11 is 1.97. The molecule has 1 atom stereocenters. The molecule has 2 aliphatic carbocycles. The van der Waals surface area contributed by atoms with Gasteiger partial charge in [-0.2, -0.15) is 0 Å². The van der Waals surface area contributed by atoms with Crippen LogP contribution in [0.5, 0.6) is 0 Å². The van der Waals surface area contributed by atoms with Gasteiger partial charge in [0.1, 0.15) is 0 Å². The van der Waals surface area contributed by atoms with Gasteiger partial charge < -0.3 is 14.7 Å². The van der Waals surface area contributed by atoms with Gasteiger partial charge in [0.2, 0.25) is 0 Å². The Hall–Kier alpha value is -6.56. The fourth-order valence-electron chi connectivity index (χ4n) is 12.8. The Labute approximate surface area is 452 Å². The Morgan fingerprint density at radius 3 is 1.67 bits per heavy atom. The Morgan fingerprint density at radius 1 is 0.547 bits per heavy atom. The van der Waals surface area contributed by atoms with E-state index in [1.807, 2.05) is 11.3 Å². The zero-order valence-electron chi connectivity index (χ0n) is 46.7. The third-order valence-electron chi connectivity index (χ3n) is 17.3. The van der Waals surface area contributed by atoms with Crippen LogP contribution in [0.25, 0.3) is 21.2 Å². The summed E-state index contributed by atoms with van der Waals surface area (Å²) in [6.45, 7) is 31.1. The van der Waals surface area contributed by atoms with Crippen LogP contribution in [0.3, 0.4) is 0 Å². The van der Waals surface area contributed by atoms with Gasteiger partial charge in [0.15, 0.2) is 0 Å². The lowest BCUT2D eigenvalue weighted by molar-refractivity contribution is 0.332. The van der Waals surface area contributed by atoms with E-state index in [0.717, 1.165) is 19.3 Å². The van der Waals surface area contributed by atoms with E-state index in [0.29, 0.717) is 0 Å². The molecule has 12 rings (SSSR count). The van der Waals surface area contributed by atoms with Gasteiger partial charge in [0, 0.05) is 50.8 Å². The summed E-state index contributed by atoms with van der Waals surface area (Å²) in [5, 5.41) is 2.70. The van der Waals surface area contributed by atoms with Crippen molar-refractivity contribution in [2.24, 2.45) is 0 Å². The quantitative estimate of drug-likeness (QED) is 0.154. The first-order valence-corrected chi connectivity index (χ1v) is 28.4. The summed E-state index contributed by atoms with van der Waals surface area (Å²) in [4.78, 5) is 8.07. The van der Waals surface area contributed by atoms with Crippen molar-refractivity contribution in [3.8, 4) is 11.1 Å². The molecule has 0 fully saturated rings. The summed E-state index contributed by atoms with van der Waals surface area (Å²) in [5.41, 5.74) is 22.5. The van der Waals surface area contributed by atoms with Crippen LogP contribution < -0.4 is 25.6 Å². The highest BCUT2D eigenvalue weighted by molar-refractivity contribution is 7.26. The van der Waals surface area contributed by atoms with Crippen LogP contribution in [0, 0.1) is 0 Å². The third-order valence-corrected chi connectivity index (χ3v) is 18.5. The summed E-state index contributed by atoms with van der Waals surface area (Å²) in [6.07, 6.45) is 5.75. The zero-order valence-corrected chi connectivity index (χ0v) is 47.5. The van der Waals surface area contributed by atoms with E-state index >= 15 is 0 Å². The molecule has 0 N–H and O–H groups in total. The Bertz CT molecular complexity index is 3540. The molecule has 0 saturated carbocycles. The molecule has 378 valence electrons. The molecule has 1 unspecified atom stereocenters. The molecule has 8 aromatic rings. The number of rotatable bonds is 6. The number of anilines is 6. The van der Waals surface area contributed by atoms with Crippen LogP contribution in [-0.4, -0.2) is 12.8 Å². The van der Waals surface area contributed by atoms with Crippen molar-refractivity contribution in [3.05, 3.63) is 215 Å². The predicted molar refractivity (Wildman–Crippen MR) is 326 cm³/mol. The van der Waals surface area contributed by atoms with Crippen molar-refractivity contribution < 1.29 is 0 Å². The standard InChI is InChI=1S/C70H74BN3S/c1-66(2,3)46-29-33-51(34-30-46)73-60-41-52(72(49-25-19-15-20-26-49)50-27-21-16-22-28-50)42-61-64(60)71(63-54-40-48(68(7,8)9)32-36-62(54)75-65(63)73)57-43-55-56(70(12,13)38-37-69(55,10)11)44-59(57)74(61)58-35-31-47(67(4,5)6)39-53(58)45-23-17-14-18-24-45/h14-36,39-41,43-44,52H,37-38,42H2,1-13H3. The molecule has 0 radical (unpaired) electrons. The van der Waals surface area contributed by atoms with Crippen molar-refractivity contribution in [3.63, 3.8) is 0 Å². The molecule has 7 aromatic carbocycles. The predicted octanol–water partition coefficient (Wildman–Crippen LogP) is 18.0. The van der Waals surface area contributed by atoms with E-state index < -0.39 is 0 Å². The maximum Gasteiger partial charge on any atom is 0.253 e. The highest BCUT2D eigenvalue weighted by atomic mass is 32.1. The lowest BCUT2D eigenvalue weighted by Crippen LogP contribution is -2.58. The Balaban J connectivity index is 1.25. The van der Waals surface area contributed by atoms with E-state index in [9.17, 15) is 0 Å². The molecule has 3 heterocycles. The van der Waals surface area contributed by atoms with Crippen LogP contribution in [0.15, 0.2) is 187 Å². The number of fused-ring (bicyclic) bond motifs is 7. The second kappa shape index (κ2) is 17.5. The Morgan fingerprint density at radius 2 is 1.08 bits per heavy atom. The first-order valence-electron chi connectivity index (χ1n) is 27.6. The van der Waals surface area contributed by atoms with Gasteiger partial charge in [-0.1, -0.05) is 193 Å². The largest absolute Gasteiger partial charge is 0.334 e. The average Bonchev–Trinajstić information content (AvgIpc) is 3.77. The molecule has 4 aliphatic rings. The maximum atomic E-state index is 2.78. The van der Waals surface area contributed by atoms with Crippen LogP contribution in [-0.2, 0) is 27.1 Å². The number of nitrogens with zero attached hydrogens (tertiary/aromatic N) is 3. The van der Waals surface area contributed by atoms with Gasteiger partial charge in [0.25, 0.3) is 6.71 Å². The summed E-state index contributed by atoms with van der Waals surface area (Å²) < 4.78 is 1.34. The van der Waals surface area contributed by atoms with Crippen LogP contribution in [0.2, 0.25) is 0 Å². The van der Waals surface area contributed by atoms with E-state index in [-0.39, 0.29) is 39.8 Å². The van der Waals surface area contributed by atoms with Crippen molar-refractivity contribution in [2.45, 2.75) is 142 Å². The van der Waals surface area contributed by atoms with Gasteiger partial charge >= 0.3 is 0 Å². The topological polar surface area (TPSA) is 9.72 Å². The summed E-state index contributed by atoms with van der Waals surface area (Å²) in [6, 6.07) is 63.2. The van der Waals surface area contributed by atoms with Crippen LogP contribution in [0.4, 0.5) is 33.4 Å². The fraction of sp³-hybridized carbons (Fsp3) is 0.314. The zero-order chi connectivity index (χ0) is 52.6. The van der Waals surface area contributed by atoms with Crippen LogP contribution >= 0.6 is 11.3 Å². The van der Waals surface area contributed by atoms with E-state index in [1.54, 1.807) is 0 Å². The molecule has 0 amide bonds. The average molecular weight is 1000 g/mol. The smallest absolute Gasteiger partial charge is 0.253 e.